The van der Waals surface area contributed by atoms with Gasteiger partial charge in [-0.3, -0.25) is 4.79 Å². The summed E-state index contributed by atoms with van der Waals surface area (Å²) in [5.74, 6) is 6.09. The summed E-state index contributed by atoms with van der Waals surface area (Å²) in [6.07, 6.45) is 12.6. The van der Waals surface area contributed by atoms with Gasteiger partial charge < -0.3 is 5.11 Å². The van der Waals surface area contributed by atoms with Gasteiger partial charge in [0.1, 0.15) is 5.78 Å². The third kappa shape index (κ3) is 6.71. The van der Waals surface area contributed by atoms with Gasteiger partial charge in [0.05, 0.1) is 5.60 Å². The summed E-state index contributed by atoms with van der Waals surface area (Å²) >= 11 is 15.4. The topological polar surface area (TPSA) is 37.3 Å². The number of aliphatic hydroxyl groups is 1. The molecule has 0 aliphatic heterocycles. The highest BCUT2D eigenvalue weighted by Crippen LogP contribution is 2.62. The smallest absolute Gasteiger partial charge is 0.139 e. The molecule has 1 N–H and O–H groups in total. The zero-order chi connectivity index (χ0) is 33.7. The van der Waals surface area contributed by atoms with Crippen LogP contribution in [0.3, 0.4) is 0 Å². The van der Waals surface area contributed by atoms with E-state index in [4.69, 9.17) is 23.2 Å². The second-order valence-electron chi connectivity index (χ2n) is 15.9. The molecule has 4 aromatic rings. The number of carbonyl (C=O) groups excluding carboxylic acids is 1. The van der Waals surface area contributed by atoms with Crippen molar-refractivity contribution in [3.05, 3.63) is 117 Å². The third-order valence-electron chi connectivity index (χ3n) is 12.9. The molecular weight excluding hydrogens is 711 g/mol. The predicted octanol–water partition coefficient (Wildman–Crippen LogP) is 12.4. The molecule has 12 rings (SSSR count). The van der Waals surface area contributed by atoms with Gasteiger partial charge >= 0.3 is 0 Å². The maximum absolute atomic E-state index is 11.9. The van der Waals surface area contributed by atoms with Crippen molar-refractivity contribution in [3.63, 3.8) is 0 Å². The summed E-state index contributed by atoms with van der Waals surface area (Å²) in [6.45, 7) is 0. The molecule has 0 amide bonds. The summed E-state index contributed by atoms with van der Waals surface area (Å²) in [4.78, 5) is 11.6. The number of rotatable bonds is 3. The summed E-state index contributed by atoms with van der Waals surface area (Å²) in [7, 11) is 0. The highest BCUT2D eigenvalue weighted by Gasteiger charge is 2.57. The third-order valence-corrected chi connectivity index (χ3v) is 14.1. The second-order valence-corrected chi connectivity index (χ2v) is 17.6. The molecule has 0 spiro atoms. The van der Waals surface area contributed by atoms with Gasteiger partial charge in [0.25, 0.3) is 0 Å². The van der Waals surface area contributed by atoms with E-state index in [1.165, 1.54) is 80.9 Å². The van der Waals surface area contributed by atoms with Crippen molar-refractivity contribution in [1.29, 1.82) is 0 Å². The fourth-order valence-corrected chi connectivity index (χ4v) is 11.8. The van der Waals surface area contributed by atoms with Crippen LogP contribution in [0.4, 0.5) is 0 Å². The van der Waals surface area contributed by atoms with Crippen LogP contribution in [0, 0.1) is 47.3 Å². The Hall–Kier alpha value is -2.43. The minimum atomic E-state index is -0.649. The van der Waals surface area contributed by atoms with Crippen molar-refractivity contribution in [2.45, 2.75) is 69.8 Å². The van der Waals surface area contributed by atoms with Crippen LogP contribution in [0.1, 0.15) is 69.8 Å². The molecular formula is C44H45BrCl2O2. The van der Waals surface area contributed by atoms with Gasteiger partial charge in [-0.1, -0.05) is 106 Å². The Kier molecular flexibility index (Phi) is 9.59. The first-order valence-corrected chi connectivity index (χ1v) is 19.9. The molecule has 2 nitrogen and oxygen atoms in total. The first-order valence-electron chi connectivity index (χ1n) is 18.4. The van der Waals surface area contributed by atoms with Crippen molar-refractivity contribution in [2.24, 2.45) is 47.3 Å². The Bertz CT molecular complexity index is 1740. The molecule has 0 unspecified atom stereocenters. The molecule has 4 aromatic carbocycles. The molecule has 8 bridgehead atoms. The lowest BCUT2D eigenvalue weighted by molar-refractivity contribution is -0.179. The Labute approximate surface area is 309 Å². The lowest BCUT2D eigenvalue weighted by Gasteiger charge is -2.59. The molecule has 254 valence electrons. The average Bonchev–Trinajstić information content (AvgIpc) is 3.10. The highest BCUT2D eigenvalue weighted by molar-refractivity contribution is 9.10. The van der Waals surface area contributed by atoms with Gasteiger partial charge in [0, 0.05) is 26.4 Å². The number of Topliss-reactive ketones (excluding diaryl/α,β-unsaturated/α-hetero) is 1. The van der Waals surface area contributed by atoms with Crippen molar-refractivity contribution in [1.82, 2.24) is 0 Å². The maximum Gasteiger partial charge on any atom is 0.139 e. The maximum atomic E-state index is 11.9. The minimum absolute atomic E-state index is 0.433. The van der Waals surface area contributed by atoms with Crippen molar-refractivity contribution in [3.8, 4) is 22.3 Å². The van der Waals surface area contributed by atoms with Crippen LogP contribution >= 0.6 is 39.1 Å². The van der Waals surface area contributed by atoms with Gasteiger partial charge in [0.2, 0.25) is 0 Å². The van der Waals surface area contributed by atoms with Gasteiger partial charge in [-0.15, -0.1) is 0 Å². The van der Waals surface area contributed by atoms with Gasteiger partial charge in [-0.05, 0) is 158 Å². The second kappa shape index (κ2) is 13.9. The molecule has 8 aliphatic carbocycles. The lowest BCUT2D eigenvalue weighted by Crippen LogP contribution is -2.55. The number of hydrogen-bond acceptors (Lipinski definition) is 2. The summed E-state index contributed by atoms with van der Waals surface area (Å²) in [5, 5.41) is 13.5. The number of ketones is 1. The average molecular weight is 757 g/mol. The van der Waals surface area contributed by atoms with Crippen LogP contribution in [0.5, 0.6) is 0 Å². The van der Waals surface area contributed by atoms with E-state index in [9.17, 15) is 9.90 Å². The zero-order valence-electron chi connectivity index (χ0n) is 27.9. The van der Waals surface area contributed by atoms with Crippen LogP contribution in [0.25, 0.3) is 22.3 Å². The quantitative estimate of drug-likeness (QED) is 0.226. The molecule has 0 saturated heterocycles. The summed E-state index contributed by atoms with van der Waals surface area (Å²) in [5.41, 5.74) is 5.16. The van der Waals surface area contributed by atoms with Crippen LogP contribution in [0.15, 0.2) is 102 Å². The molecule has 8 aliphatic rings. The predicted molar refractivity (Wildman–Crippen MR) is 204 cm³/mol. The van der Waals surface area contributed by atoms with Gasteiger partial charge in [-0.2, -0.15) is 0 Å². The first-order chi connectivity index (χ1) is 23.7. The van der Waals surface area contributed by atoms with Crippen LogP contribution in [-0.2, 0) is 10.4 Å². The summed E-state index contributed by atoms with van der Waals surface area (Å²) < 4.78 is 1.10. The zero-order valence-corrected chi connectivity index (χ0v) is 31.0. The largest absolute Gasteiger partial charge is 0.385 e. The first kappa shape index (κ1) is 33.7. The lowest BCUT2D eigenvalue weighted by atomic mass is 9.48. The number of halogens is 3. The molecule has 0 aromatic heterocycles. The standard InChI is InChI=1S/C22H23ClO.C12H8BrCl.C10H14O/c23-19-7-5-16(6-8-19)20-3-1-2-4-21(20)22(24)17-10-14-9-15(12-17)13-18(22)11-14;13-12-4-2-1-3-11(12)9-5-7-10(14)8-6-9;11-10-8-2-6-1-7(4-8)5-9(10)3-6/h1-8,14-15,17-18,24H,9-13H2;1-8H;6-9H,1-5H2. The Morgan fingerprint density at radius 3 is 1.43 bits per heavy atom. The van der Waals surface area contributed by atoms with Crippen molar-refractivity contribution < 1.29 is 9.90 Å². The number of carbonyl (C=O) groups is 1. The highest BCUT2D eigenvalue weighted by atomic mass is 79.9. The normalized spacial score (nSPS) is 33.0. The van der Waals surface area contributed by atoms with Crippen molar-refractivity contribution in [2.75, 3.05) is 0 Å². The molecule has 0 radical (unpaired) electrons. The van der Waals surface area contributed by atoms with E-state index < -0.39 is 5.60 Å². The molecule has 0 heterocycles. The van der Waals surface area contributed by atoms with E-state index in [1.807, 2.05) is 54.6 Å². The van der Waals surface area contributed by atoms with Gasteiger partial charge in [0.15, 0.2) is 0 Å². The van der Waals surface area contributed by atoms with E-state index in [0.717, 1.165) is 49.3 Å². The minimum Gasteiger partial charge on any atom is -0.385 e. The number of benzene rings is 4. The van der Waals surface area contributed by atoms with E-state index in [0.29, 0.717) is 29.5 Å². The van der Waals surface area contributed by atoms with E-state index >= 15 is 0 Å². The molecule has 8 saturated carbocycles. The van der Waals surface area contributed by atoms with Gasteiger partial charge in [-0.25, -0.2) is 0 Å². The summed E-state index contributed by atoms with van der Waals surface area (Å²) in [6, 6.07) is 32.5. The number of hydrogen-bond donors (Lipinski definition) is 1. The van der Waals surface area contributed by atoms with Crippen LogP contribution in [0.2, 0.25) is 10.0 Å². The van der Waals surface area contributed by atoms with Crippen LogP contribution in [-0.4, -0.2) is 10.9 Å². The van der Waals surface area contributed by atoms with Crippen molar-refractivity contribution >= 4 is 44.9 Å². The Morgan fingerprint density at radius 2 is 0.939 bits per heavy atom. The van der Waals surface area contributed by atoms with E-state index in [-0.39, 0.29) is 0 Å². The molecule has 8 fully saturated rings. The Balaban J connectivity index is 0.000000118. The molecule has 0 atom stereocenters. The molecule has 5 heteroatoms. The fourth-order valence-electron chi connectivity index (χ4n) is 11.0. The van der Waals surface area contributed by atoms with E-state index in [2.05, 4.69) is 58.4 Å². The SMILES string of the molecule is Clc1ccc(-c2ccccc2Br)cc1.O=C1C2CC3CC(C2)CC1C3.OC1(c2ccccc2-c2ccc(Cl)cc2)C2CC3CC(C2)CC1C3. The van der Waals surface area contributed by atoms with E-state index in [1.54, 1.807) is 0 Å². The fraction of sp³-hybridized carbons (Fsp3) is 0.432. The van der Waals surface area contributed by atoms with Crippen LogP contribution < -0.4 is 0 Å². The monoisotopic (exact) mass is 754 g/mol. The molecule has 49 heavy (non-hydrogen) atoms. The Morgan fingerprint density at radius 1 is 0.531 bits per heavy atom.